The van der Waals surface area contributed by atoms with Crippen molar-refractivity contribution in [2.75, 3.05) is 20.8 Å². The van der Waals surface area contributed by atoms with Crippen LogP contribution in [0.15, 0.2) is 35.4 Å². The second kappa shape index (κ2) is 9.24. The van der Waals surface area contributed by atoms with Gasteiger partial charge in [-0.3, -0.25) is 4.79 Å². The minimum absolute atomic E-state index is 0.0702. The number of aromatic nitrogens is 1. The van der Waals surface area contributed by atoms with E-state index in [2.05, 4.69) is 16.2 Å². The molecule has 9 nitrogen and oxygen atoms in total. The first kappa shape index (κ1) is 21.1. The van der Waals surface area contributed by atoms with Gasteiger partial charge in [-0.1, -0.05) is 12.1 Å². The van der Waals surface area contributed by atoms with Crippen molar-refractivity contribution < 1.29 is 23.7 Å². The van der Waals surface area contributed by atoms with Crippen LogP contribution in [-0.2, 0) is 20.9 Å². The third-order valence-corrected chi connectivity index (χ3v) is 4.35. The predicted octanol–water partition coefficient (Wildman–Crippen LogP) is 2.36. The molecule has 30 heavy (non-hydrogen) atoms. The number of pyridine rings is 1. The molecule has 2 aromatic rings. The zero-order chi connectivity index (χ0) is 21.7. The summed E-state index contributed by atoms with van der Waals surface area (Å²) >= 11 is 0. The summed E-state index contributed by atoms with van der Waals surface area (Å²) < 4.78 is 22.2. The van der Waals surface area contributed by atoms with E-state index in [1.54, 1.807) is 39.3 Å². The van der Waals surface area contributed by atoms with Crippen LogP contribution >= 0.6 is 0 Å². The number of hydrazone groups is 1. The second-order valence-corrected chi connectivity index (χ2v) is 6.50. The lowest BCUT2D eigenvalue weighted by molar-refractivity contribution is -0.136. The van der Waals surface area contributed by atoms with Gasteiger partial charge >= 0.3 is 0 Å². The molecule has 9 heteroatoms. The molecule has 3 rings (SSSR count). The number of nitrogens with zero attached hydrogens (tertiary/aromatic N) is 4. The van der Waals surface area contributed by atoms with E-state index in [1.807, 2.05) is 12.1 Å². The third kappa shape index (κ3) is 4.34. The number of nitriles is 1. The Morgan fingerprint density at radius 1 is 1.33 bits per heavy atom. The van der Waals surface area contributed by atoms with Crippen LogP contribution in [0.25, 0.3) is 0 Å². The molecule has 0 aliphatic carbocycles. The van der Waals surface area contributed by atoms with Crippen LogP contribution in [0.4, 0.5) is 0 Å². The van der Waals surface area contributed by atoms with Crippen LogP contribution in [0.5, 0.6) is 11.6 Å². The van der Waals surface area contributed by atoms with E-state index in [-0.39, 0.29) is 36.5 Å². The molecule has 0 fully saturated rings. The molecule has 1 aromatic heterocycles. The van der Waals surface area contributed by atoms with Crippen molar-refractivity contribution >= 4 is 11.8 Å². The molecule has 1 amide bonds. The minimum Gasteiger partial charge on any atom is -0.496 e. The molecule has 1 atom stereocenters. The van der Waals surface area contributed by atoms with E-state index in [9.17, 15) is 10.1 Å². The Morgan fingerprint density at radius 3 is 2.77 bits per heavy atom. The quantitative estimate of drug-likeness (QED) is 0.690. The highest BCUT2D eigenvalue weighted by Crippen LogP contribution is 2.26. The van der Waals surface area contributed by atoms with Crippen molar-refractivity contribution in [1.29, 1.82) is 5.26 Å². The van der Waals surface area contributed by atoms with Crippen LogP contribution < -0.4 is 9.47 Å². The van der Waals surface area contributed by atoms with Crippen molar-refractivity contribution in [3.63, 3.8) is 0 Å². The molecule has 0 saturated heterocycles. The lowest BCUT2D eigenvalue weighted by atomic mass is 10.1. The fraction of sp³-hybridized carbons (Fsp3) is 0.333. The molecule has 0 unspecified atom stereocenters. The first-order valence-electron chi connectivity index (χ1n) is 9.19. The Balaban J connectivity index is 1.83. The molecule has 0 N–H and O–H groups in total. The van der Waals surface area contributed by atoms with Gasteiger partial charge < -0.3 is 18.9 Å². The van der Waals surface area contributed by atoms with Gasteiger partial charge in [0.25, 0.3) is 0 Å². The zero-order valence-corrected chi connectivity index (χ0v) is 17.2. The predicted molar refractivity (Wildman–Crippen MR) is 107 cm³/mol. The smallest absolute Gasteiger partial charge is 0.244 e. The van der Waals surface area contributed by atoms with Gasteiger partial charge in [0.2, 0.25) is 23.9 Å². The molecule has 1 aromatic carbocycles. The molecule has 156 valence electrons. The van der Waals surface area contributed by atoms with Crippen LogP contribution in [-0.4, -0.2) is 48.9 Å². The maximum Gasteiger partial charge on any atom is 0.244 e. The summed E-state index contributed by atoms with van der Waals surface area (Å²) in [6.07, 6.45) is -0.817. The molecule has 1 aliphatic rings. The monoisotopic (exact) mass is 410 g/mol. The van der Waals surface area contributed by atoms with E-state index in [0.29, 0.717) is 22.6 Å². The molecule has 0 saturated carbocycles. The summed E-state index contributed by atoms with van der Waals surface area (Å²) in [7, 11) is 3.09. The maximum atomic E-state index is 12.1. The number of benzene rings is 1. The van der Waals surface area contributed by atoms with Crippen LogP contribution in [0.1, 0.15) is 29.3 Å². The Labute approximate surface area is 174 Å². The molecule has 0 bridgehead atoms. The van der Waals surface area contributed by atoms with Crippen molar-refractivity contribution in [2.24, 2.45) is 5.10 Å². The van der Waals surface area contributed by atoms with Gasteiger partial charge in [0.15, 0.2) is 0 Å². The first-order valence-corrected chi connectivity index (χ1v) is 9.19. The summed E-state index contributed by atoms with van der Waals surface area (Å²) in [6.45, 7) is 3.36. The van der Waals surface area contributed by atoms with Gasteiger partial charge in [-0.05, 0) is 25.1 Å². The van der Waals surface area contributed by atoms with Gasteiger partial charge in [0.05, 0.1) is 19.3 Å². The number of carbonyl (C=O) groups excluding carboxylic acids is 1. The van der Waals surface area contributed by atoms with Crippen molar-refractivity contribution in [3.8, 4) is 17.7 Å². The summed E-state index contributed by atoms with van der Waals surface area (Å²) in [5.74, 6) is 0.653. The fourth-order valence-electron chi connectivity index (χ4n) is 3.03. The summed E-state index contributed by atoms with van der Waals surface area (Å²) in [4.78, 5) is 16.4. The number of rotatable bonds is 7. The number of para-hydroxylation sites is 1. The largest absolute Gasteiger partial charge is 0.496 e. The normalized spacial score (nSPS) is 15.2. The van der Waals surface area contributed by atoms with E-state index in [4.69, 9.17) is 18.9 Å². The third-order valence-electron chi connectivity index (χ3n) is 4.35. The van der Waals surface area contributed by atoms with Crippen molar-refractivity contribution in [3.05, 3.63) is 52.7 Å². The standard InChI is InChI=1S/C21H22N4O5/c1-13-9-15(11-27-3)17(10-22)20(23-13)29-12-19-25(14(2)26)24-21(30-19)16-7-5-6-8-18(16)28-4/h5-9,19H,11-12H2,1-4H3/t19-/m0/s1. The summed E-state index contributed by atoms with van der Waals surface area (Å²) in [6, 6.07) is 11.1. The lowest BCUT2D eigenvalue weighted by Gasteiger charge is -2.20. The zero-order valence-electron chi connectivity index (χ0n) is 17.2. The SMILES string of the molecule is COCc1cc(C)nc(OC[C@@H]2OC(c3ccccc3OC)=NN2C(C)=O)c1C#N. The minimum atomic E-state index is -0.817. The van der Waals surface area contributed by atoms with Crippen LogP contribution in [0, 0.1) is 18.3 Å². The molecule has 2 heterocycles. The second-order valence-electron chi connectivity index (χ2n) is 6.50. The fourth-order valence-corrected chi connectivity index (χ4v) is 3.03. The number of amides is 1. The topological polar surface area (TPSA) is 106 Å². The van der Waals surface area contributed by atoms with Gasteiger partial charge in [0.1, 0.15) is 24.0 Å². The number of methoxy groups -OCH3 is 2. The number of aryl methyl sites for hydroxylation is 1. The lowest BCUT2D eigenvalue weighted by Crippen LogP contribution is -2.37. The Hall–Kier alpha value is -3.64. The van der Waals surface area contributed by atoms with Gasteiger partial charge in [0, 0.05) is 25.3 Å². The van der Waals surface area contributed by atoms with Gasteiger partial charge in [-0.15, -0.1) is 5.10 Å². The summed E-state index contributed by atoms with van der Waals surface area (Å²) in [5.41, 5.74) is 2.24. The van der Waals surface area contributed by atoms with E-state index in [1.165, 1.54) is 11.9 Å². The Bertz CT molecular complexity index is 1010. The Morgan fingerprint density at radius 2 is 2.10 bits per heavy atom. The molecular formula is C21H22N4O5. The van der Waals surface area contributed by atoms with Crippen molar-refractivity contribution in [1.82, 2.24) is 9.99 Å². The highest BCUT2D eigenvalue weighted by atomic mass is 16.6. The number of hydrogen-bond donors (Lipinski definition) is 0. The van der Waals surface area contributed by atoms with E-state index in [0.717, 1.165) is 0 Å². The van der Waals surface area contributed by atoms with Crippen molar-refractivity contribution in [2.45, 2.75) is 26.7 Å². The number of carbonyl (C=O) groups is 1. The number of hydrogen-bond acceptors (Lipinski definition) is 8. The van der Waals surface area contributed by atoms with Gasteiger partial charge in [-0.2, -0.15) is 10.3 Å². The molecule has 1 aliphatic heterocycles. The maximum absolute atomic E-state index is 12.1. The highest BCUT2D eigenvalue weighted by Gasteiger charge is 2.33. The van der Waals surface area contributed by atoms with Gasteiger partial charge in [-0.25, -0.2) is 4.98 Å². The average Bonchev–Trinajstić information content (AvgIpc) is 3.16. The molecule has 0 radical (unpaired) electrons. The highest BCUT2D eigenvalue weighted by molar-refractivity contribution is 5.98. The molecule has 0 spiro atoms. The Kier molecular flexibility index (Phi) is 6.49. The van der Waals surface area contributed by atoms with E-state index >= 15 is 0 Å². The average molecular weight is 410 g/mol. The molecular weight excluding hydrogens is 388 g/mol. The van der Waals surface area contributed by atoms with E-state index < -0.39 is 6.23 Å². The number of ether oxygens (including phenoxy) is 4. The van der Waals surface area contributed by atoms with Crippen LogP contribution in [0.2, 0.25) is 0 Å². The summed E-state index contributed by atoms with van der Waals surface area (Å²) in [5, 5.41) is 15.0. The first-order chi connectivity index (χ1) is 14.5. The van der Waals surface area contributed by atoms with Crippen LogP contribution in [0.3, 0.4) is 0 Å².